The van der Waals surface area contributed by atoms with E-state index in [4.69, 9.17) is 8.37 Å². The first-order valence-electron chi connectivity index (χ1n) is 5.42. The van der Waals surface area contributed by atoms with E-state index < -0.39 is 32.4 Å². The van der Waals surface area contributed by atoms with E-state index in [0.29, 0.717) is 6.42 Å². The Morgan fingerprint density at radius 1 is 0.941 bits per heavy atom. The molecule has 0 aromatic carbocycles. The fourth-order valence-corrected chi connectivity index (χ4v) is 4.27. The summed E-state index contributed by atoms with van der Waals surface area (Å²) in [5, 5.41) is 0. The van der Waals surface area contributed by atoms with Gasteiger partial charge in [0.05, 0.1) is 24.7 Å². The molecule has 0 saturated heterocycles. The summed E-state index contributed by atoms with van der Waals surface area (Å²) < 4.78 is 54.4. The van der Waals surface area contributed by atoms with Crippen molar-refractivity contribution in [3.05, 3.63) is 0 Å². The maximum atomic E-state index is 11.1. The first-order chi connectivity index (χ1) is 7.66. The summed E-state index contributed by atoms with van der Waals surface area (Å²) in [4.78, 5) is 0. The summed E-state index contributed by atoms with van der Waals surface area (Å²) in [7, 11) is -7.01. The van der Waals surface area contributed by atoms with Crippen molar-refractivity contribution in [1.29, 1.82) is 0 Å². The fraction of sp³-hybridized carbons (Fsp3) is 1.00. The van der Waals surface area contributed by atoms with E-state index >= 15 is 0 Å². The van der Waals surface area contributed by atoms with Crippen LogP contribution in [0.2, 0.25) is 0 Å². The van der Waals surface area contributed by atoms with Crippen molar-refractivity contribution in [2.24, 2.45) is 11.8 Å². The molecule has 0 N–H and O–H groups in total. The number of rotatable bonds is 4. The Balaban J connectivity index is 2.09. The molecule has 0 radical (unpaired) electrons. The number of hydrogen-bond donors (Lipinski definition) is 0. The predicted molar refractivity (Wildman–Crippen MR) is 60.3 cm³/mol. The summed E-state index contributed by atoms with van der Waals surface area (Å²) >= 11 is 0. The van der Waals surface area contributed by atoms with Crippen LogP contribution in [0.4, 0.5) is 0 Å². The minimum absolute atomic E-state index is 0.0847. The van der Waals surface area contributed by atoms with Crippen LogP contribution in [0.1, 0.15) is 19.3 Å². The molecule has 6 nitrogen and oxygen atoms in total. The van der Waals surface area contributed by atoms with E-state index in [1.54, 1.807) is 0 Å². The summed E-state index contributed by atoms with van der Waals surface area (Å²) in [6.45, 7) is 0. The molecule has 0 aromatic heterocycles. The first kappa shape index (κ1) is 13.3. The lowest BCUT2D eigenvalue weighted by Gasteiger charge is -2.20. The molecule has 0 heterocycles. The topological polar surface area (TPSA) is 86.7 Å². The molecule has 2 aliphatic rings. The summed E-state index contributed by atoms with van der Waals surface area (Å²) in [5.74, 6) is -0.0501. The Bertz CT molecular complexity index is 494. The van der Waals surface area contributed by atoms with Crippen molar-refractivity contribution in [1.82, 2.24) is 0 Å². The van der Waals surface area contributed by atoms with Crippen LogP contribution in [0.5, 0.6) is 0 Å². The zero-order chi connectivity index (χ0) is 12.8. The van der Waals surface area contributed by atoms with Crippen LogP contribution in [0.25, 0.3) is 0 Å². The van der Waals surface area contributed by atoms with Crippen molar-refractivity contribution >= 4 is 20.2 Å². The van der Waals surface area contributed by atoms with E-state index in [-0.39, 0.29) is 11.8 Å². The van der Waals surface area contributed by atoms with E-state index in [0.717, 1.165) is 25.4 Å². The fourth-order valence-electron chi connectivity index (χ4n) is 2.89. The van der Waals surface area contributed by atoms with Gasteiger partial charge in [-0.05, 0) is 25.2 Å². The maximum absolute atomic E-state index is 11.1. The van der Waals surface area contributed by atoms with Crippen LogP contribution in [0.15, 0.2) is 0 Å². The molecule has 0 aliphatic heterocycles. The zero-order valence-electron chi connectivity index (χ0n) is 9.70. The van der Waals surface area contributed by atoms with Gasteiger partial charge in [-0.15, -0.1) is 0 Å². The van der Waals surface area contributed by atoms with Crippen molar-refractivity contribution in [2.75, 3.05) is 12.5 Å². The Morgan fingerprint density at radius 2 is 1.53 bits per heavy atom. The summed E-state index contributed by atoms with van der Waals surface area (Å²) in [5.41, 5.74) is 0. The van der Waals surface area contributed by atoms with Crippen molar-refractivity contribution in [3.8, 4) is 0 Å². The third-order valence-corrected chi connectivity index (χ3v) is 4.52. The molecule has 17 heavy (non-hydrogen) atoms. The lowest BCUT2D eigenvalue weighted by molar-refractivity contribution is 0.111. The molecule has 0 spiro atoms. The van der Waals surface area contributed by atoms with Crippen molar-refractivity contribution < 1.29 is 25.2 Å². The molecule has 8 heteroatoms. The monoisotopic (exact) mass is 284 g/mol. The second kappa shape index (κ2) is 4.18. The molecule has 4 atom stereocenters. The van der Waals surface area contributed by atoms with Crippen LogP contribution in [0, 0.1) is 11.8 Å². The average molecular weight is 284 g/mol. The van der Waals surface area contributed by atoms with Crippen molar-refractivity contribution in [3.63, 3.8) is 0 Å². The zero-order valence-corrected chi connectivity index (χ0v) is 11.3. The van der Waals surface area contributed by atoms with E-state index in [2.05, 4.69) is 0 Å². The van der Waals surface area contributed by atoms with Crippen LogP contribution in [-0.4, -0.2) is 41.6 Å². The second-order valence-corrected chi connectivity index (χ2v) is 8.04. The van der Waals surface area contributed by atoms with E-state index in [1.807, 2.05) is 0 Å². The Kier molecular flexibility index (Phi) is 3.26. The molecule has 2 aliphatic carbocycles. The molecule has 2 rings (SSSR count). The molecule has 2 saturated carbocycles. The Hall–Kier alpha value is -0.180. The number of fused-ring (bicyclic) bond motifs is 2. The van der Waals surface area contributed by atoms with Gasteiger partial charge in [-0.3, -0.25) is 8.37 Å². The van der Waals surface area contributed by atoms with E-state index in [9.17, 15) is 16.8 Å². The quantitative estimate of drug-likeness (QED) is 0.681. The predicted octanol–water partition coefficient (Wildman–Crippen LogP) is 0.106. The highest BCUT2D eigenvalue weighted by Gasteiger charge is 2.51. The van der Waals surface area contributed by atoms with Crippen molar-refractivity contribution in [2.45, 2.75) is 31.5 Å². The first-order valence-corrected chi connectivity index (χ1v) is 9.05. The van der Waals surface area contributed by atoms with Crippen LogP contribution in [-0.2, 0) is 28.6 Å². The van der Waals surface area contributed by atoms with Gasteiger partial charge in [-0.1, -0.05) is 0 Å². The van der Waals surface area contributed by atoms with Gasteiger partial charge < -0.3 is 0 Å². The normalized spacial score (nSPS) is 37.5. The van der Waals surface area contributed by atoms with Gasteiger partial charge in [-0.2, -0.15) is 16.8 Å². The van der Waals surface area contributed by atoms with Gasteiger partial charge in [-0.25, -0.2) is 0 Å². The lowest BCUT2D eigenvalue weighted by atomic mass is 9.98. The van der Waals surface area contributed by atoms with Crippen LogP contribution in [0.3, 0.4) is 0 Å². The van der Waals surface area contributed by atoms with Gasteiger partial charge in [0.25, 0.3) is 20.2 Å². The average Bonchev–Trinajstić information content (AvgIpc) is 2.55. The molecular weight excluding hydrogens is 268 g/mol. The van der Waals surface area contributed by atoms with Gasteiger partial charge in [0, 0.05) is 5.92 Å². The lowest BCUT2D eigenvalue weighted by Crippen LogP contribution is -2.28. The minimum atomic E-state index is -3.51. The van der Waals surface area contributed by atoms with Gasteiger partial charge in [0.15, 0.2) is 0 Å². The third kappa shape index (κ3) is 3.18. The highest BCUT2D eigenvalue weighted by molar-refractivity contribution is 7.86. The van der Waals surface area contributed by atoms with Gasteiger partial charge in [0.2, 0.25) is 0 Å². The molecule has 2 fully saturated rings. The van der Waals surface area contributed by atoms with E-state index in [1.165, 1.54) is 0 Å². The highest BCUT2D eigenvalue weighted by Crippen LogP contribution is 2.48. The maximum Gasteiger partial charge on any atom is 0.264 e. The Morgan fingerprint density at radius 3 is 2.06 bits per heavy atom. The molecule has 2 bridgehead atoms. The van der Waals surface area contributed by atoms with Crippen LogP contribution < -0.4 is 0 Å². The number of hydrogen-bond acceptors (Lipinski definition) is 6. The molecular formula is C9H16O6S2. The summed E-state index contributed by atoms with van der Waals surface area (Å²) in [6.07, 6.45) is 3.34. The minimum Gasteiger partial charge on any atom is -0.267 e. The second-order valence-electron chi connectivity index (χ2n) is 4.84. The largest absolute Gasteiger partial charge is 0.267 e. The standard InChI is InChI=1S/C9H16O6S2/c1-16(10,11)14-8-5-6-3-4-7(8)9(6)15-17(2,12)13/h6-9H,3-5H2,1-2H3/t6-,7+,8-,9?/m1/s1. The highest BCUT2D eigenvalue weighted by atomic mass is 32.2. The molecule has 100 valence electrons. The Labute approximate surface area is 102 Å². The third-order valence-electron chi connectivity index (χ3n) is 3.35. The summed E-state index contributed by atoms with van der Waals surface area (Å²) in [6, 6.07) is 0. The van der Waals surface area contributed by atoms with Gasteiger partial charge in [0.1, 0.15) is 0 Å². The molecule has 0 amide bonds. The molecule has 1 unspecified atom stereocenters. The van der Waals surface area contributed by atoms with Gasteiger partial charge >= 0.3 is 0 Å². The SMILES string of the molecule is CS(=O)(=O)OC1[C@@H]2CC[C@H]1[C@H](OS(C)(=O)=O)C2. The van der Waals surface area contributed by atoms with Crippen LogP contribution >= 0.6 is 0 Å². The molecule has 0 aromatic rings. The smallest absolute Gasteiger partial charge is 0.264 e.